The van der Waals surface area contributed by atoms with Gasteiger partial charge in [-0.2, -0.15) is 0 Å². The predicted molar refractivity (Wildman–Crippen MR) is 96.0 cm³/mol. The van der Waals surface area contributed by atoms with Gasteiger partial charge < -0.3 is 10.2 Å². The molecule has 1 aliphatic rings. The van der Waals surface area contributed by atoms with Crippen LogP contribution < -0.4 is 5.32 Å². The zero-order valence-corrected chi connectivity index (χ0v) is 14.5. The van der Waals surface area contributed by atoms with Gasteiger partial charge in [0, 0.05) is 37.9 Å². The van der Waals surface area contributed by atoms with Gasteiger partial charge in [-0.25, -0.2) is 4.39 Å². The summed E-state index contributed by atoms with van der Waals surface area (Å²) >= 11 is 0. The van der Waals surface area contributed by atoms with E-state index in [-0.39, 0.29) is 23.7 Å². The molecule has 136 valence electrons. The second-order valence-corrected chi connectivity index (χ2v) is 6.50. The number of carbonyl (C=O) groups is 2. The fraction of sp³-hybridized carbons (Fsp3) is 0.350. The zero-order chi connectivity index (χ0) is 18.4. The normalized spacial score (nSPS) is 14.9. The number of halogens is 1. The fourth-order valence-corrected chi connectivity index (χ4v) is 3.11. The first-order valence-corrected chi connectivity index (χ1v) is 8.85. The first-order chi connectivity index (χ1) is 12.6. The largest absolute Gasteiger partial charge is 0.353 e. The lowest BCUT2D eigenvalue weighted by Gasteiger charge is -2.32. The summed E-state index contributed by atoms with van der Waals surface area (Å²) in [6, 6.07) is 9.81. The maximum atomic E-state index is 12.9. The molecule has 0 unspecified atom stereocenters. The van der Waals surface area contributed by atoms with Gasteiger partial charge in [0.25, 0.3) is 5.91 Å². The molecule has 0 atom stereocenters. The average molecular weight is 355 g/mol. The summed E-state index contributed by atoms with van der Waals surface area (Å²) in [5.41, 5.74) is 1.53. The van der Waals surface area contributed by atoms with E-state index in [2.05, 4.69) is 10.3 Å². The molecule has 0 spiro atoms. The Balaban J connectivity index is 1.41. The third kappa shape index (κ3) is 4.88. The number of carbonyl (C=O) groups excluding carboxylic acids is 2. The van der Waals surface area contributed by atoms with E-state index in [1.165, 1.54) is 12.1 Å². The molecule has 0 bridgehead atoms. The summed E-state index contributed by atoms with van der Waals surface area (Å²) < 4.78 is 12.9. The Hall–Kier alpha value is -2.76. The topological polar surface area (TPSA) is 62.3 Å². The maximum Gasteiger partial charge on any atom is 0.255 e. The minimum atomic E-state index is -0.272. The molecule has 2 heterocycles. The first kappa shape index (κ1) is 18.0. The van der Waals surface area contributed by atoms with Gasteiger partial charge in [0.1, 0.15) is 5.82 Å². The van der Waals surface area contributed by atoms with Crippen LogP contribution in [-0.4, -0.2) is 40.8 Å². The molecule has 1 aromatic heterocycles. The van der Waals surface area contributed by atoms with Crippen molar-refractivity contribution in [2.75, 3.05) is 13.1 Å². The van der Waals surface area contributed by atoms with Crippen LogP contribution in [0.3, 0.4) is 0 Å². The average Bonchev–Trinajstić information content (AvgIpc) is 2.68. The molecule has 1 saturated heterocycles. The van der Waals surface area contributed by atoms with Crippen molar-refractivity contribution < 1.29 is 14.0 Å². The monoisotopic (exact) mass is 355 g/mol. The molecule has 2 amide bonds. The molecule has 1 fully saturated rings. The number of hydrogen-bond donors (Lipinski definition) is 1. The molecule has 1 aliphatic heterocycles. The second-order valence-electron chi connectivity index (χ2n) is 6.50. The van der Waals surface area contributed by atoms with Gasteiger partial charge >= 0.3 is 0 Å². The van der Waals surface area contributed by atoms with E-state index in [0.717, 1.165) is 18.4 Å². The number of nitrogens with one attached hydrogen (secondary N) is 1. The highest BCUT2D eigenvalue weighted by Gasteiger charge is 2.24. The number of likely N-dealkylation sites (tertiary alicyclic amines) is 1. The number of amides is 2. The second kappa shape index (κ2) is 8.56. The lowest BCUT2D eigenvalue weighted by molar-refractivity contribution is -0.122. The Kier molecular flexibility index (Phi) is 5.94. The van der Waals surface area contributed by atoms with Crippen LogP contribution in [0.1, 0.15) is 35.2 Å². The molecule has 0 radical (unpaired) electrons. The zero-order valence-electron chi connectivity index (χ0n) is 14.5. The quantitative estimate of drug-likeness (QED) is 0.897. The highest BCUT2D eigenvalue weighted by atomic mass is 19.1. The van der Waals surface area contributed by atoms with E-state index in [1.807, 2.05) is 0 Å². The molecule has 0 saturated carbocycles. The highest BCUT2D eigenvalue weighted by molar-refractivity contribution is 5.93. The molecule has 3 rings (SSSR count). The number of hydrogen-bond acceptors (Lipinski definition) is 3. The van der Waals surface area contributed by atoms with Crippen molar-refractivity contribution in [1.82, 2.24) is 15.2 Å². The third-order valence-corrected chi connectivity index (χ3v) is 4.61. The van der Waals surface area contributed by atoms with Crippen LogP contribution in [0.25, 0.3) is 0 Å². The summed E-state index contributed by atoms with van der Waals surface area (Å²) in [4.78, 5) is 30.3. The van der Waals surface area contributed by atoms with Crippen molar-refractivity contribution in [3.8, 4) is 0 Å². The first-order valence-electron chi connectivity index (χ1n) is 8.85. The van der Waals surface area contributed by atoms with Crippen LogP contribution >= 0.6 is 0 Å². The van der Waals surface area contributed by atoms with Gasteiger partial charge in [-0.3, -0.25) is 14.6 Å². The van der Waals surface area contributed by atoms with E-state index in [0.29, 0.717) is 31.5 Å². The minimum Gasteiger partial charge on any atom is -0.353 e. The molecule has 0 aliphatic carbocycles. The number of nitrogens with zero attached hydrogens (tertiary/aromatic N) is 2. The SMILES string of the molecule is O=C(CCc1ccc(F)cc1)NC1CCN(C(=O)c2cccnc2)CC1. The van der Waals surface area contributed by atoms with E-state index in [4.69, 9.17) is 0 Å². The van der Waals surface area contributed by atoms with Crippen molar-refractivity contribution in [3.05, 3.63) is 65.7 Å². The number of aromatic nitrogens is 1. The van der Waals surface area contributed by atoms with Crippen LogP contribution in [0.4, 0.5) is 4.39 Å². The summed E-state index contributed by atoms with van der Waals surface area (Å²) in [5, 5.41) is 3.04. The molecular formula is C20H22FN3O2. The van der Waals surface area contributed by atoms with Gasteiger partial charge in [0.2, 0.25) is 5.91 Å². The summed E-state index contributed by atoms with van der Waals surface area (Å²) in [6.45, 7) is 1.24. The minimum absolute atomic E-state index is 0.00800. The number of rotatable bonds is 5. The van der Waals surface area contributed by atoms with Crippen molar-refractivity contribution in [3.63, 3.8) is 0 Å². The van der Waals surface area contributed by atoms with Crippen molar-refractivity contribution >= 4 is 11.8 Å². The van der Waals surface area contributed by atoms with Gasteiger partial charge in [-0.1, -0.05) is 12.1 Å². The van der Waals surface area contributed by atoms with Crippen LogP contribution in [-0.2, 0) is 11.2 Å². The Morgan fingerprint density at radius 1 is 1.15 bits per heavy atom. The van der Waals surface area contributed by atoms with Crippen LogP contribution in [0.15, 0.2) is 48.8 Å². The Bertz CT molecular complexity index is 741. The van der Waals surface area contributed by atoms with E-state index in [9.17, 15) is 14.0 Å². The van der Waals surface area contributed by atoms with Gasteiger partial charge in [-0.15, -0.1) is 0 Å². The van der Waals surface area contributed by atoms with Gasteiger partial charge in [-0.05, 0) is 49.1 Å². The lowest BCUT2D eigenvalue weighted by Crippen LogP contribution is -2.46. The Morgan fingerprint density at radius 2 is 1.88 bits per heavy atom. The molecule has 1 aromatic carbocycles. The molecule has 1 N–H and O–H groups in total. The number of benzene rings is 1. The lowest BCUT2D eigenvalue weighted by atomic mass is 10.0. The molecule has 2 aromatic rings. The summed E-state index contributed by atoms with van der Waals surface area (Å²) in [5.74, 6) is -0.295. The van der Waals surface area contributed by atoms with Crippen LogP contribution in [0.5, 0.6) is 0 Å². The maximum absolute atomic E-state index is 12.9. The molecule has 26 heavy (non-hydrogen) atoms. The van der Waals surface area contributed by atoms with Crippen molar-refractivity contribution in [2.45, 2.75) is 31.7 Å². The Labute approximate surface area is 152 Å². The molecule has 6 heteroatoms. The Morgan fingerprint density at radius 3 is 2.54 bits per heavy atom. The highest BCUT2D eigenvalue weighted by Crippen LogP contribution is 2.14. The van der Waals surface area contributed by atoms with E-state index >= 15 is 0 Å². The summed E-state index contributed by atoms with van der Waals surface area (Å²) in [6.07, 6.45) is 5.67. The van der Waals surface area contributed by atoms with E-state index in [1.54, 1.807) is 41.6 Å². The van der Waals surface area contributed by atoms with Crippen molar-refractivity contribution in [1.29, 1.82) is 0 Å². The number of pyridine rings is 1. The third-order valence-electron chi connectivity index (χ3n) is 4.61. The smallest absolute Gasteiger partial charge is 0.255 e. The van der Waals surface area contributed by atoms with Crippen molar-refractivity contribution in [2.24, 2.45) is 0 Å². The molecule has 5 nitrogen and oxygen atoms in total. The van der Waals surface area contributed by atoms with Crippen LogP contribution in [0, 0.1) is 5.82 Å². The van der Waals surface area contributed by atoms with Crippen LogP contribution in [0.2, 0.25) is 0 Å². The number of piperidine rings is 1. The van der Waals surface area contributed by atoms with Gasteiger partial charge in [0.15, 0.2) is 0 Å². The number of aryl methyl sites for hydroxylation is 1. The summed E-state index contributed by atoms with van der Waals surface area (Å²) in [7, 11) is 0. The van der Waals surface area contributed by atoms with Gasteiger partial charge in [0.05, 0.1) is 5.56 Å². The fourth-order valence-electron chi connectivity index (χ4n) is 3.11. The standard InChI is InChI=1S/C20H22FN3O2/c21-17-6-3-15(4-7-17)5-8-19(25)23-18-9-12-24(13-10-18)20(26)16-2-1-11-22-14-16/h1-4,6-7,11,14,18H,5,8-10,12-13H2,(H,23,25). The van der Waals surface area contributed by atoms with E-state index < -0.39 is 0 Å². The predicted octanol–water partition coefficient (Wildman–Crippen LogP) is 2.57. The molecular weight excluding hydrogens is 333 g/mol.